The van der Waals surface area contributed by atoms with Gasteiger partial charge in [-0.2, -0.15) is 18.3 Å². The molecule has 0 aliphatic rings. The zero-order valence-corrected chi connectivity index (χ0v) is 11.4. The molecule has 0 aliphatic carbocycles. The largest absolute Gasteiger partial charge is 0.435 e. The summed E-state index contributed by atoms with van der Waals surface area (Å²) in [7, 11) is 0. The van der Waals surface area contributed by atoms with Crippen molar-refractivity contribution in [3.8, 4) is 5.69 Å². The summed E-state index contributed by atoms with van der Waals surface area (Å²) >= 11 is 3.37. The highest BCUT2D eigenvalue weighted by Gasteiger charge is 2.33. The summed E-state index contributed by atoms with van der Waals surface area (Å²) in [4.78, 5) is 0. The minimum Gasteiger partial charge on any atom is -0.330 e. The average molecular weight is 334 g/mol. The van der Waals surface area contributed by atoms with Crippen LogP contribution < -0.4 is 5.73 Å². The standard InChI is InChI=1S/C12H11BrF3N3/c13-10-7-9(2-1-8(10)3-5-17)19-6-4-11(18-19)12(14,15)16/h1-2,4,6-7H,3,5,17H2. The Labute approximate surface area is 116 Å². The third-order valence-electron chi connectivity index (χ3n) is 2.59. The number of hydrogen-bond donors (Lipinski definition) is 1. The molecule has 1 aromatic heterocycles. The van der Waals surface area contributed by atoms with Crippen LogP contribution in [0.15, 0.2) is 34.9 Å². The van der Waals surface area contributed by atoms with Gasteiger partial charge in [0.1, 0.15) is 0 Å². The molecule has 0 saturated heterocycles. The molecule has 3 nitrogen and oxygen atoms in total. The fraction of sp³-hybridized carbons (Fsp3) is 0.250. The molecule has 0 saturated carbocycles. The van der Waals surface area contributed by atoms with Gasteiger partial charge in [0.15, 0.2) is 5.69 Å². The number of aromatic nitrogens is 2. The van der Waals surface area contributed by atoms with E-state index in [1.807, 2.05) is 6.07 Å². The van der Waals surface area contributed by atoms with Crippen molar-refractivity contribution in [3.63, 3.8) is 0 Å². The Kier molecular flexibility index (Phi) is 3.96. The van der Waals surface area contributed by atoms with Gasteiger partial charge in [-0.1, -0.05) is 22.0 Å². The first-order valence-electron chi connectivity index (χ1n) is 5.53. The van der Waals surface area contributed by atoms with E-state index in [2.05, 4.69) is 21.0 Å². The van der Waals surface area contributed by atoms with Gasteiger partial charge in [0.05, 0.1) is 5.69 Å². The van der Waals surface area contributed by atoms with E-state index in [1.165, 1.54) is 10.9 Å². The molecule has 0 aliphatic heterocycles. The predicted octanol–water partition coefficient (Wildman–Crippen LogP) is 3.15. The Hall–Kier alpha value is -1.34. The van der Waals surface area contributed by atoms with Crippen molar-refractivity contribution in [2.75, 3.05) is 6.54 Å². The van der Waals surface area contributed by atoms with Crippen LogP contribution in [0.4, 0.5) is 13.2 Å². The van der Waals surface area contributed by atoms with E-state index in [9.17, 15) is 13.2 Å². The van der Waals surface area contributed by atoms with Gasteiger partial charge >= 0.3 is 6.18 Å². The zero-order chi connectivity index (χ0) is 14.0. The Morgan fingerprint density at radius 1 is 1.26 bits per heavy atom. The highest BCUT2D eigenvalue weighted by molar-refractivity contribution is 9.10. The van der Waals surface area contributed by atoms with E-state index in [0.717, 1.165) is 16.1 Å². The summed E-state index contributed by atoms with van der Waals surface area (Å²) in [5.74, 6) is 0. The molecular formula is C12H11BrF3N3. The van der Waals surface area contributed by atoms with Crippen LogP contribution in [-0.2, 0) is 12.6 Å². The van der Waals surface area contributed by atoms with Crippen molar-refractivity contribution in [1.82, 2.24) is 9.78 Å². The lowest BCUT2D eigenvalue weighted by Crippen LogP contribution is -2.07. The van der Waals surface area contributed by atoms with Crippen LogP contribution in [-0.4, -0.2) is 16.3 Å². The van der Waals surface area contributed by atoms with E-state index >= 15 is 0 Å². The molecule has 0 unspecified atom stereocenters. The number of halogens is 4. The van der Waals surface area contributed by atoms with Gasteiger partial charge in [-0.15, -0.1) is 0 Å². The SMILES string of the molecule is NCCc1ccc(-n2ccc(C(F)(F)F)n2)cc1Br. The van der Waals surface area contributed by atoms with Crippen molar-refractivity contribution in [2.24, 2.45) is 5.73 Å². The van der Waals surface area contributed by atoms with E-state index < -0.39 is 11.9 Å². The summed E-state index contributed by atoms with van der Waals surface area (Å²) in [6, 6.07) is 6.20. The Morgan fingerprint density at radius 2 is 2.00 bits per heavy atom. The first-order valence-corrected chi connectivity index (χ1v) is 6.33. The van der Waals surface area contributed by atoms with Crippen LogP contribution in [0.25, 0.3) is 5.69 Å². The summed E-state index contributed by atoms with van der Waals surface area (Å²) in [5.41, 5.74) is 6.13. The van der Waals surface area contributed by atoms with Crippen molar-refractivity contribution < 1.29 is 13.2 Å². The van der Waals surface area contributed by atoms with Crippen LogP contribution in [0.2, 0.25) is 0 Å². The normalized spacial score (nSPS) is 11.8. The lowest BCUT2D eigenvalue weighted by molar-refractivity contribution is -0.141. The first kappa shape index (κ1) is 14.1. The van der Waals surface area contributed by atoms with Crippen LogP contribution in [0.5, 0.6) is 0 Å². The molecule has 0 amide bonds. The number of nitrogens with two attached hydrogens (primary N) is 1. The van der Waals surface area contributed by atoms with Crippen LogP contribution >= 0.6 is 15.9 Å². The number of benzene rings is 1. The fourth-order valence-electron chi connectivity index (χ4n) is 1.66. The van der Waals surface area contributed by atoms with Crippen molar-refractivity contribution >= 4 is 15.9 Å². The third-order valence-corrected chi connectivity index (χ3v) is 3.33. The fourth-order valence-corrected chi connectivity index (χ4v) is 2.22. The third kappa shape index (κ3) is 3.16. The Balaban J connectivity index is 2.32. The predicted molar refractivity (Wildman–Crippen MR) is 69.0 cm³/mol. The molecule has 19 heavy (non-hydrogen) atoms. The van der Waals surface area contributed by atoms with Gasteiger partial charge in [0, 0.05) is 10.7 Å². The molecule has 102 valence electrons. The second-order valence-corrected chi connectivity index (χ2v) is 4.81. The summed E-state index contributed by atoms with van der Waals surface area (Å²) in [6.07, 6.45) is -2.44. The maximum atomic E-state index is 12.5. The molecule has 2 aromatic rings. The quantitative estimate of drug-likeness (QED) is 0.937. The molecular weight excluding hydrogens is 323 g/mol. The van der Waals surface area contributed by atoms with Crippen molar-refractivity contribution in [1.29, 1.82) is 0 Å². The molecule has 1 aromatic carbocycles. The molecule has 0 spiro atoms. The molecule has 0 fully saturated rings. The molecule has 0 atom stereocenters. The lowest BCUT2D eigenvalue weighted by Gasteiger charge is -2.07. The maximum absolute atomic E-state index is 12.5. The molecule has 0 bridgehead atoms. The van der Waals surface area contributed by atoms with Gasteiger partial charge in [0.25, 0.3) is 0 Å². The minimum absolute atomic E-state index is 0.512. The second kappa shape index (κ2) is 5.34. The van der Waals surface area contributed by atoms with Gasteiger partial charge in [0.2, 0.25) is 0 Å². The van der Waals surface area contributed by atoms with Gasteiger partial charge in [-0.05, 0) is 36.7 Å². The first-order chi connectivity index (χ1) is 8.91. The Bertz CT molecular complexity index is 578. The molecule has 2 rings (SSSR count). The van der Waals surface area contributed by atoms with Crippen LogP contribution in [0.3, 0.4) is 0 Å². The lowest BCUT2D eigenvalue weighted by atomic mass is 10.1. The average Bonchev–Trinajstić information content (AvgIpc) is 2.81. The maximum Gasteiger partial charge on any atom is 0.435 e. The number of hydrogen-bond acceptors (Lipinski definition) is 2. The number of rotatable bonds is 3. The second-order valence-electron chi connectivity index (χ2n) is 3.96. The van der Waals surface area contributed by atoms with E-state index in [0.29, 0.717) is 18.7 Å². The highest BCUT2D eigenvalue weighted by Crippen LogP contribution is 2.28. The molecule has 2 N–H and O–H groups in total. The minimum atomic E-state index is -4.43. The zero-order valence-electron chi connectivity index (χ0n) is 9.78. The van der Waals surface area contributed by atoms with Crippen LogP contribution in [0.1, 0.15) is 11.3 Å². The number of alkyl halides is 3. The summed E-state index contributed by atoms with van der Waals surface area (Å²) in [6.45, 7) is 0.512. The number of nitrogens with zero attached hydrogens (tertiary/aromatic N) is 2. The molecule has 0 radical (unpaired) electrons. The monoisotopic (exact) mass is 333 g/mol. The van der Waals surface area contributed by atoms with Gasteiger partial charge in [-0.3, -0.25) is 0 Å². The van der Waals surface area contributed by atoms with E-state index in [4.69, 9.17) is 5.73 Å². The summed E-state index contributed by atoms with van der Waals surface area (Å²) in [5, 5.41) is 3.51. The van der Waals surface area contributed by atoms with Crippen LogP contribution in [0, 0.1) is 0 Å². The summed E-state index contributed by atoms with van der Waals surface area (Å²) < 4.78 is 39.4. The smallest absolute Gasteiger partial charge is 0.330 e. The highest BCUT2D eigenvalue weighted by atomic mass is 79.9. The van der Waals surface area contributed by atoms with Crippen molar-refractivity contribution in [2.45, 2.75) is 12.6 Å². The van der Waals surface area contributed by atoms with Gasteiger partial charge in [-0.25, -0.2) is 4.68 Å². The Morgan fingerprint density at radius 3 is 2.53 bits per heavy atom. The topological polar surface area (TPSA) is 43.8 Å². The van der Waals surface area contributed by atoms with Gasteiger partial charge < -0.3 is 5.73 Å². The molecule has 7 heteroatoms. The van der Waals surface area contributed by atoms with E-state index in [1.54, 1.807) is 12.1 Å². The van der Waals surface area contributed by atoms with Crippen molar-refractivity contribution in [3.05, 3.63) is 46.2 Å². The van der Waals surface area contributed by atoms with E-state index in [-0.39, 0.29) is 0 Å². The molecule has 1 heterocycles.